The summed E-state index contributed by atoms with van der Waals surface area (Å²) in [5.41, 5.74) is 0.646. The fraction of sp³-hybridized carbons (Fsp3) is 0. The number of hydrogen-bond donors (Lipinski definition) is 1. The first-order valence-corrected chi connectivity index (χ1v) is 6.07. The second-order valence-electron chi connectivity index (χ2n) is 4.05. The summed E-state index contributed by atoms with van der Waals surface area (Å²) in [5.74, 6) is -0.520. The number of aromatic nitrogens is 3. The maximum Gasteiger partial charge on any atom is 0.277 e. The molecule has 0 bridgehead atoms. The summed E-state index contributed by atoms with van der Waals surface area (Å²) in [6.07, 6.45) is 4.17. The molecule has 0 saturated carbocycles. The number of carbonyl (C=O) groups is 1. The van der Waals surface area contributed by atoms with Crippen molar-refractivity contribution < 1.29 is 9.18 Å². The van der Waals surface area contributed by atoms with Gasteiger partial charge < -0.3 is 9.72 Å². The first kappa shape index (κ1) is 12.6. The first-order chi connectivity index (χ1) is 9.61. The second-order valence-corrected chi connectivity index (χ2v) is 4.49. The Labute approximate surface area is 118 Å². The van der Waals surface area contributed by atoms with Gasteiger partial charge in [0.2, 0.25) is 0 Å². The van der Waals surface area contributed by atoms with Gasteiger partial charge in [0.1, 0.15) is 23.0 Å². The molecule has 0 spiro atoms. The summed E-state index contributed by atoms with van der Waals surface area (Å²) in [7, 11) is 0. The molecule has 100 valence electrons. The molecule has 0 aliphatic carbocycles. The minimum atomic E-state index is -0.441. The van der Waals surface area contributed by atoms with Gasteiger partial charge in [0.25, 0.3) is 5.91 Å². The van der Waals surface area contributed by atoms with Gasteiger partial charge in [-0.05, 0) is 24.3 Å². The first-order valence-electron chi connectivity index (χ1n) is 5.69. The van der Waals surface area contributed by atoms with Crippen molar-refractivity contribution in [3.05, 3.63) is 59.4 Å². The van der Waals surface area contributed by atoms with Gasteiger partial charge in [0.15, 0.2) is 0 Å². The second kappa shape index (κ2) is 4.90. The number of halogens is 2. The molecule has 0 aromatic carbocycles. The Kier molecular flexibility index (Phi) is 3.08. The third-order valence-corrected chi connectivity index (χ3v) is 2.85. The molecule has 0 radical (unpaired) electrons. The van der Waals surface area contributed by atoms with E-state index in [1.807, 2.05) is 0 Å². The third kappa shape index (κ3) is 2.46. The molecule has 7 heteroatoms. The number of anilines is 1. The molecule has 20 heavy (non-hydrogen) atoms. The molecule has 3 aromatic heterocycles. The molecule has 0 atom stereocenters. The van der Waals surface area contributed by atoms with Crippen LogP contribution in [0.3, 0.4) is 0 Å². The Bertz CT molecular complexity index is 802. The molecular weight excluding hydrogens is 283 g/mol. The average molecular weight is 291 g/mol. The van der Waals surface area contributed by atoms with E-state index in [-0.39, 0.29) is 5.69 Å². The number of nitrogens with one attached hydrogen (secondary N) is 1. The Morgan fingerprint density at radius 2 is 2.15 bits per heavy atom. The summed E-state index contributed by atoms with van der Waals surface area (Å²) in [4.78, 5) is 20.1. The van der Waals surface area contributed by atoms with Crippen LogP contribution in [0.2, 0.25) is 5.02 Å². The Morgan fingerprint density at radius 1 is 1.30 bits per heavy atom. The van der Waals surface area contributed by atoms with Crippen LogP contribution in [0.1, 0.15) is 10.5 Å². The molecular formula is C13H8ClFN4O. The standard InChI is InChI=1S/C13H8ClFN4O/c14-8-3-4-16-11(5-8)18-13(20)10-7-19-6-9(15)1-2-12(19)17-10/h1-7H,(H,16,18,20). The number of pyridine rings is 2. The van der Waals surface area contributed by atoms with Gasteiger partial charge >= 0.3 is 0 Å². The predicted molar refractivity (Wildman–Crippen MR) is 72.4 cm³/mol. The fourth-order valence-corrected chi connectivity index (χ4v) is 1.89. The number of nitrogens with zero attached hydrogens (tertiary/aromatic N) is 3. The van der Waals surface area contributed by atoms with E-state index in [9.17, 15) is 9.18 Å². The zero-order valence-corrected chi connectivity index (χ0v) is 10.8. The van der Waals surface area contributed by atoms with Crippen LogP contribution in [0.25, 0.3) is 5.65 Å². The highest BCUT2D eigenvalue weighted by molar-refractivity contribution is 6.30. The summed E-state index contributed by atoms with van der Waals surface area (Å²) >= 11 is 5.80. The summed E-state index contributed by atoms with van der Waals surface area (Å²) in [5, 5.41) is 3.04. The molecule has 5 nitrogen and oxygen atoms in total. The van der Waals surface area contributed by atoms with E-state index in [2.05, 4.69) is 15.3 Å². The van der Waals surface area contributed by atoms with Gasteiger partial charge in [-0.2, -0.15) is 0 Å². The Morgan fingerprint density at radius 3 is 2.95 bits per heavy atom. The van der Waals surface area contributed by atoms with Crippen LogP contribution in [0.5, 0.6) is 0 Å². The quantitative estimate of drug-likeness (QED) is 0.789. The van der Waals surface area contributed by atoms with Gasteiger partial charge in [-0.15, -0.1) is 0 Å². The number of imidazole rings is 1. The lowest BCUT2D eigenvalue weighted by Crippen LogP contribution is -2.13. The fourth-order valence-electron chi connectivity index (χ4n) is 1.73. The predicted octanol–water partition coefficient (Wildman–Crippen LogP) is 2.77. The number of fused-ring (bicyclic) bond motifs is 1. The van der Waals surface area contributed by atoms with Gasteiger partial charge in [0.05, 0.1) is 0 Å². The van der Waals surface area contributed by atoms with Crippen molar-refractivity contribution in [1.82, 2.24) is 14.4 Å². The minimum Gasteiger partial charge on any atom is -0.305 e. The van der Waals surface area contributed by atoms with Crippen LogP contribution in [0.4, 0.5) is 10.2 Å². The monoisotopic (exact) mass is 290 g/mol. The van der Waals surface area contributed by atoms with Crippen LogP contribution in [-0.4, -0.2) is 20.3 Å². The number of hydrogen-bond acceptors (Lipinski definition) is 3. The van der Waals surface area contributed by atoms with Crippen molar-refractivity contribution in [2.45, 2.75) is 0 Å². The van der Waals surface area contributed by atoms with Gasteiger partial charge in [0, 0.05) is 23.6 Å². The van der Waals surface area contributed by atoms with Gasteiger partial charge in [-0.1, -0.05) is 11.6 Å². The topological polar surface area (TPSA) is 59.3 Å². The van der Waals surface area contributed by atoms with Crippen molar-refractivity contribution in [2.75, 3.05) is 5.32 Å². The zero-order chi connectivity index (χ0) is 14.1. The lowest BCUT2D eigenvalue weighted by Gasteiger charge is -2.01. The van der Waals surface area contributed by atoms with Crippen LogP contribution >= 0.6 is 11.6 Å². The van der Waals surface area contributed by atoms with Crippen LogP contribution < -0.4 is 5.32 Å². The van der Waals surface area contributed by atoms with Crippen LogP contribution in [-0.2, 0) is 0 Å². The van der Waals surface area contributed by atoms with Crippen LogP contribution in [0, 0.1) is 5.82 Å². The number of carbonyl (C=O) groups excluding carboxylic acids is 1. The normalized spacial score (nSPS) is 10.7. The number of rotatable bonds is 2. The van der Waals surface area contributed by atoms with E-state index in [0.717, 1.165) is 0 Å². The molecule has 0 fully saturated rings. The summed E-state index contributed by atoms with van der Waals surface area (Å²) in [6.45, 7) is 0. The molecule has 3 aromatic rings. The van der Waals surface area contributed by atoms with Crippen LogP contribution in [0.15, 0.2) is 42.9 Å². The molecule has 0 aliphatic heterocycles. The highest BCUT2D eigenvalue weighted by atomic mass is 35.5. The minimum absolute atomic E-state index is 0.164. The Hall–Kier alpha value is -2.47. The van der Waals surface area contributed by atoms with E-state index in [0.29, 0.717) is 16.5 Å². The van der Waals surface area contributed by atoms with E-state index in [1.54, 1.807) is 6.07 Å². The molecule has 1 amide bonds. The SMILES string of the molecule is O=C(Nc1cc(Cl)ccn1)c1cn2cc(F)ccc2n1. The van der Waals surface area contributed by atoms with E-state index < -0.39 is 11.7 Å². The van der Waals surface area contributed by atoms with E-state index in [4.69, 9.17) is 11.6 Å². The molecule has 0 unspecified atom stereocenters. The lowest BCUT2D eigenvalue weighted by atomic mass is 10.4. The molecule has 3 rings (SSSR count). The maximum atomic E-state index is 13.1. The zero-order valence-electron chi connectivity index (χ0n) is 10.0. The molecule has 1 N–H and O–H groups in total. The van der Waals surface area contributed by atoms with Crippen molar-refractivity contribution in [3.63, 3.8) is 0 Å². The third-order valence-electron chi connectivity index (χ3n) is 2.61. The average Bonchev–Trinajstić information content (AvgIpc) is 2.81. The molecule has 0 aliphatic rings. The summed E-state index contributed by atoms with van der Waals surface area (Å²) < 4.78 is 14.5. The molecule has 0 saturated heterocycles. The van der Waals surface area contributed by atoms with E-state index in [1.165, 1.54) is 41.2 Å². The largest absolute Gasteiger partial charge is 0.305 e. The van der Waals surface area contributed by atoms with Crippen molar-refractivity contribution in [2.24, 2.45) is 0 Å². The van der Waals surface area contributed by atoms with Gasteiger partial charge in [-0.25, -0.2) is 14.4 Å². The van der Waals surface area contributed by atoms with Gasteiger partial charge in [-0.3, -0.25) is 4.79 Å². The highest BCUT2D eigenvalue weighted by Crippen LogP contribution is 2.13. The summed E-state index contributed by atoms with van der Waals surface area (Å²) in [6, 6.07) is 5.89. The molecule has 3 heterocycles. The maximum absolute atomic E-state index is 13.1. The van der Waals surface area contributed by atoms with Crippen molar-refractivity contribution in [1.29, 1.82) is 0 Å². The van der Waals surface area contributed by atoms with Crippen molar-refractivity contribution in [3.8, 4) is 0 Å². The van der Waals surface area contributed by atoms with Crippen molar-refractivity contribution >= 4 is 29.0 Å². The lowest BCUT2D eigenvalue weighted by molar-refractivity contribution is 0.102. The highest BCUT2D eigenvalue weighted by Gasteiger charge is 2.12. The smallest absolute Gasteiger partial charge is 0.277 e. The van der Waals surface area contributed by atoms with E-state index >= 15 is 0 Å². The Balaban J connectivity index is 1.88. The number of amides is 1.